The molecule has 4 nitrogen and oxygen atoms in total. The molecule has 18 heavy (non-hydrogen) atoms. The normalized spacial score (nSPS) is 10.2. The van der Waals surface area contributed by atoms with Gasteiger partial charge in [0, 0.05) is 25.3 Å². The third-order valence-corrected chi connectivity index (χ3v) is 2.67. The zero-order valence-electron chi connectivity index (χ0n) is 11.0. The monoisotopic (exact) mass is 242 g/mol. The lowest BCUT2D eigenvalue weighted by Crippen LogP contribution is -2.13. The minimum atomic E-state index is 0.770. The van der Waals surface area contributed by atoms with Gasteiger partial charge in [0.1, 0.15) is 17.5 Å². The molecular weight excluding hydrogens is 224 g/mol. The van der Waals surface area contributed by atoms with Crippen molar-refractivity contribution in [3.05, 3.63) is 42.2 Å². The molecule has 1 heterocycles. The number of hydrogen-bond acceptors (Lipinski definition) is 4. The average Bonchev–Trinajstić information content (AvgIpc) is 2.38. The lowest BCUT2D eigenvalue weighted by atomic mass is 10.3. The fourth-order valence-corrected chi connectivity index (χ4v) is 1.78. The topological polar surface area (TPSA) is 41.0 Å². The fourth-order valence-electron chi connectivity index (χ4n) is 1.78. The van der Waals surface area contributed by atoms with Crippen LogP contribution in [0.3, 0.4) is 0 Å². The summed E-state index contributed by atoms with van der Waals surface area (Å²) in [6.07, 6.45) is 0. The van der Waals surface area contributed by atoms with Crippen molar-refractivity contribution in [2.24, 2.45) is 0 Å². The Morgan fingerprint density at radius 3 is 2.56 bits per heavy atom. The second-order valence-electron chi connectivity index (χ2n) is 4.08. The van der Waals surface area contributed by atoms with E-state index in [1.54, 1.807) is 0 Å². The standard InChI is InChI=1S/C14H18N4/c1-4-15-13-10-14(17-11(2)16-13)18(3)12-8-6-5-7-9-12/h5-10H,4H2,1-3H3,(H,15,16,17). The second kappa shape index (κ2) is 5.49. The van der Waals surface area contributed by atoms with Crippen LogP contribution in [0.2, 0.25) is 0 Å². The first-order chi connectivity index (χ1) is 8.70. The van der Waals surface area contributed by atoms with Crippen molar-refractivity contribution in [3.8, 4) is 0 Å². The molecule has 0 aliphatic rings. The summed E-state index contributed by atoms with van der Waals surface area (Å²) in [4.78, 5) is 10.9. The molecular formula is C14H18N4. The van der Waals surface area contributed by atoms with Crippen molar-refractivity contribution in [2.75, 3.05) is 23.8 Å². The van der Waals surface area contributed by atoms with E-state index < -0.39 is 0 Å². The van der Waals surface area contributed by atoms with E-state index in [4.69, 9.17) is 0 Å². The Kier molecular flexibility index (Phi) is 3.77. The number of para-hydroxylation sites is 1. The summed E-state index contributed by atoms with van der Waals surface area (Å²) in [5.74, 6) is 2.53. The minimum absolute atomic E-state index is 0.770. The maximum atomic E-state index is 4.47. The van der Waals surface area contributed by atoms with E-state index in [0.717, 1.165) is 29.7 Å². The Hall–Kier alpha value is -2.10. The number of aromatic nitrogens is 2. The van der Waals surface area contributed by atoms with E-state index >= 15 is 0 Å². The Labute approximate surface area is 108 Å². The quantitative estimate of drug-likeness (QED) is 0.895. The number of aryl methyl sites for hydroxylation is 1. The third kappa shape index (κ3) is 2.77. The Balaban J connectivity index is 2.33. The van der Waals surface area contributed by atoms with E-state index in [1.165, 1.54) is 0 Å². The highest BCUT2D eigenvalue weighted by molar-refractivity contribution is 5.61. The van der Waals surface area contributed by atoms with Gasteiger partial charge in [-0.15, -0.1) is 0 Å². The van der Waals surface area contributed by atoms with Crippen LogP contribution in [0.1, 0.15) is 12.7 Å². The Morgan fingerprint density at radius 1 is 1.17 bits per heavy atom. The Bertz CT molecular complexity index is 510. The molecule has 0 saturated heterocycles. The van der Waals surface area contributed by atoms with Gasteiger partial charge in [0.25, 0.3) is 0 Å². The van der Waals surface area contributed by atoms with Crippen LogP contribution < -0.4 is 10.2 Å². The number of nitrogens with zero attached hydrogens (tertiary/aromatic N) is 3. The van der Waals surface area contributed by atoms with E-state index in [1.807, 2.05) is 38.2 Å². The van der Waals surface area contributed by atoms with Gasteiger partial charge in [-0.25, -0.2) is 9.97 Å². The summed E-state index contributed by atoms with van der Waals surface area (Å²) in [6.45, 7) is 4.81. The molecule has 1 aromatic carbocycles. The van der Waals surface area contributed by atoms with Crippen molar-refractivity contribution in [2.45, 2.75) is 13.8 Å². The van der Waals surface area contributed by atoms with Crippen LogP contribution in [0, 0.1) is 6.92 Å². The summed E-state index contributed by atoms with van der Waals surface area (Å²) < 4.78 is 0. The molecule has 0 fully saturated rings. The van der Waals surface area contributed by atoms with Crippen LogP contribution in [-0.4, -0.2) is 23.6 Å². The molecule has 0 aliphatic carbocycles. The van der Waals surface area contributed by atoms with E-state index in [2.05, 4.69) is 39.2 Å². The lowest BCUT2D eigenvalue weighted by Gasteiger charge is -2.19. The number of rotatable bonds is 4. The van der Waals surface area contributed by atoms with Gasteiger partial charge in [0.2, 0.25) is 0 Å². The number of benzene rings is 1. The maximum Gasteiger partial charge on any atom is 0.138 e. The van der Waals surface area contributed by atoms with Crippen LogP contribution in [0.15, 0.2) is 36.4 Å². The number of nitrogens with one attached hydrogen (secondary N) is 1. The minimum Gasteiger partial charge on any atom is -0.370 e. The molecule has 0 saturated carbocycles. The molecule has 2 rings (SSSR count). The smallest absolute Gasteiger partial charge is 0.138 e. The fraction of sp³-hybridized carbons (Fsp3) is 0.286. The lowest BCUT2D eigenvalue weighted by molar-refractivity contribution is 1.00. The average molecular weight is 242 g/mol. The molecule has 0 spiro atoms. The predicted octanol–water partition coefficient (Wildman–Crippen LogP) is 2.98. The van der Waals surface area contributed by atoms with Crippen LogP contribution in [0.4, 0.5) is 17.3 Å². The number of anilines is 3. The highest BCUT2D eigenvalue weighted by Gasteiger charge is 2.07. The zero-order chi connectivity index (χ0) is 13.0. The first kappa shape index (κ1) is 12.4. The van der Waals surface area contributed by atoms with Gasteiger partial charge in [0.15, 0.2) is 0 Å². The first-order valence-electron chi connectivity index (χ1n) is 6.09. The van der Waals surface area contributed by atoms with Crippen molar-refractivity contribution in [1.29, 1.82) is 0 Å². The van der Waals surface area contributed by atoms with Crippen molar-refractivity contribution in [3.63, 3.8) is 0 Å². The summed E-state index contributed by atoms with van der Waals surface area (Å²) in [5.41, 5.74) is 1.11. The van der Waals surface area contributed by atoms with Crippen LogP contribution in [-0.2, 0) is 0 Å². The van der Waals surface area contributed by atoms with Crippen LogP contribution >= 0.6 is 0 Å². The summed E-state index contributed by atoms with van der Waals surface area (Å²) >= 11 is 0. The van der Waals surface area contributed by atoms with Crippen molar-refractivity contribution in [1.82, 2.24) is 9.97 Å². The molecule has 1 N–H and O–H groups in total. The van der Waals surface area contributed by atoms with Gasteiger partial charge in [-0.2, -0.15) is 0 Å². The van der Waals surface area contributed by atoms with Gasteiger partial charge in [-0.05, 0) is 26.0 Å². The van der Waals surface area contributed by atoms with Crippen LogP contribution in [0.5, 0.6) is 0 Å². The van der Waals surface area contributed by atoms with Gasteiger partial charge < -0.3 is 10.2 Å². The molecule has 0 bridgehead atoms. The van der Waals surface area contributed by atoms with Gasteiger partial charge in [0.05, 0.1) is 0 Å². The molecule has 94 valence electrons. The van der Waals surface area contributed by atoms with Gasteiger partial charge >= 0.3 is 0 Å². The third-order valence-electron chi connectivity index (χ3n) is 2.67. The van der Waals surface area contributed by atoms with Crippen molar-refractivity contribution >= 4 is 17.3 Å². The predicted molar refractivity (Wildman–Crippen MR) is 75.4 cm³/mol. The second-order valence-corrected chi connectivity index (χ2v) is 4.08. The summed E-state index contributed by atoms with van der Waals surface area (Å²) in [7, 11) is 2.01. The molecule has 0 amide bonds. The van der Waals surface area contributed by atoms with E-state index in [9.17, 15) is 0 Å². The maximum absolute atomic E-state index is 4.47. The molecule has 0 atom stereocenters. The SMILES string of the molecule is CCNc1cc(N(C)c2ccccc2)nc(C)n1. The molecule has 4 heteroatoms. The zero-order valence-corrected chi connectivity index (χ0v) is 11.0. The summed E-state index contributed by atoms with van der Waals surface area (Å²) in [6, 6.07) is 12.1. The molecule has 0 aliphatic heterocycles. The largest absolute Gasteiger partial charge is 0.370 e. The van der Waals surface area contributed by atoms with E-state index in [-0.39, 0.29) is 0 Å². The molecule has 0 unspecified atom stereocenters. The summed E-state index contributed by atoms with van der Waals surface area (Å²) in [5, 5.41) is 3.22. The van der Waals surface area contributed by atoms with E-state index in [0.29, 0.717) is 0 Å². The highest BCUT2D eigenvalue weighted by atomic mass is 15.2. The molecule has 1 aromatic heterocycles. The van der Waals surface area contributed by atoms with Gasteiger partial charge in [-0.3, -0.25) is 0 Å². The highest BCUT2D eigenvalue weighted by Crippen LogP contribution is 2.22. The first-order valence-corrected chi connectivity index (χ1v) is 6.09. The molecule has 2 aromatic rings. The van der Waals surface area contributed by atoms with Gasteiger partial charge in [-0.1, -0.05) is 18.2 Å². The van der Waals surface area contributed by atoms with Crippen LogP contribution in [0.25, 0.3) is 0 Å². The Morgan fingerprint density at radius 2 is 1.89 bits per heavy atom. The molecule has 0 radical (unpaired) electrons. The van der Waals surface area contributed by atoms with Crippen molar-refractivity contribution < 1.29 is 0 Å². The number of hydrogen-bond donors (Lipinski definition) is 1.